The van der Waals surface area contributed by atoms with E-state index in [0.29, 0.717) is 6.42 Å². The van der Waals surface area contributed by atoms with Crippen LogP contribution >= 0.6 is 0 Å². The van der Waals surface area contributed by atoms with Crippen molar-refractivity contribution in [3.8, 4) is 0 Å². The molecule has 1 aliphatic rings. The first-order valence-corrected chi connectivity index (χ1v) is 7.37. The Morgan fingerprint density at radius 2 is 2.00 bits per heavy atom. The Bertz CT molecular complexity index is 239. The fourth-order valence-corrected chi connectivity index (χ4v) is 2.19. The van der Waals surface area contributed by atoms with Crippen LogP contribution in [0, 0.1) is 5.92 Å². The van der Waals surface area contributed by atoms with Crippen molar-refractivity contribution in [3.63, 3.8) is 0 Å². The van der Waals surface area contributed by atoms with E-state index in [9.17, 15) is 4.79 Å². The Morgan fingerprint density at radius 3 is 2.56 bits per heavy atom. The quantitative estimate of drug-likeness (QED) is 0.272. The Kier molecular flexibility index (Phi) is 7.28. The number of amides is 1. The van der Waals surface area contributed by atoms with E-state index in [1.54, 1.807) is 0 Å². The smallest absolute Gasteiger partial charge is 0.233 e. The molecule has 18 heavy (non-hydrogen) atoms. The molecule has 3 N–H and O–H groups in total. The van der Waals surface area contributed by atoms with Gasteiger partial charge < -0.3 is 4.90 Å². The third kappa shape index (κ3) is 6.97. The summed E-state index contributed by atoms with van der Waals surface area (Å²) in [6.45, 7) is 7.01. The summed E-state index contributed by atoms with van der Waals surface area (Å²) < 4.78 is 0. The van der Waals surface area contributed by atoms with Gasteiger partial charge in [-0.1, -0.05) is 20.3 Å². The number of hydrogen-bond donors (Lipinski definition) is 2. The molecule has 1 fully saturated rings. The van der Waals surface area contributed by atoms with Crippen molar-refractivity contribution in [2.45, 2.75) is 64.8 Å². The highest BCUT2D eigenvalue weighted by atomic mass is 16.2. The van der Waals surface area contributed by atoms with E-state index in [2.05, 4.69) is 24.2 Å². The van der Waals surface area contributed by atoms with Crippen LogP contribution in [0.3, 0.4) is 0 Å². The minimum atomic E-state index is -0.0474. The molecule has 4 nitrogen and oxygen atoms in total. The standard InChI is InChI=1S/C14H29N3O/c1-12(2)9-11-17(13-7-8-13)10-5-3-4-6-14(18)16-15/h12-13H,3-11,15H2,1-2H3,(H,16,18). The molecule has 1 rings (SSSR count). The zero-order valence-electron chi connectivity index (χ0n) is 12.0. The first-order valence-electron chi connectivity index (χ1n) is 7.37. The second kappa shape index (κ2) is 8.48. The van der Waals surface area contributed by atoms with Gasteiger partial charge in [0, 0.05) is 12.5 Å². The Morgan fingerprint density at radius 1 is 1.28 bits per heavy atom. The molecule has 0 aromatic heterocycles. The molecule has 0 aromatic rings. The zero-order chi connectivity index (χ0) is 13.4. The summed E-state index contributed by atoms with van der Waals surface area (Å²) in [4.78, 5) is 13.6. The number of nitrogens with zero attached hydrogens (tertiary/aromatic N) is 1. The first kappa shape index (κ1) is 15.4. The van der Waals surface area contributed by atoms with E-state index in [4.69, 9.17) is 5.84 Å². The summed E-state index contributed by atoms with van der Waals surface area (Å²) in [6, 6.07) is 0.857. The van der Waals surface area contributed by atoms with Crippen LogP contribution < -0.4 is 11.3 Å². The second-order valence-corrected chi connectivity index (χ2v) is 5.83. The van der Waals surface area contributed by atoms with Crippen LogP contribution in [0.1, 0.15) is 58.8 Å². The highest BCUT2D eigenvalue weighted by molar-refractivity contribution is 5.74. The molecule has 0 bridgehead atoms. The molecule has 1 saturated carbocycles. The molecular weight excluding hydrogens is 226 g/mol. The van der Waals surface area contributed by atoms with Gasteiger partial charge in [-0.15, -0.1) is 0 Å². The van der Waals surface area contributed by atoms with Crippen LogP contribution in [0.5, 0.6) is 0 Å². The lowest BCUT2D eigenvalue weighted by atomic mass is 10.1. The maximum atomic E-state index is 11.0. The Hall–Kier alpha value is -0.610. The summed E-state index contributed by atoms with van der Waals surface area (Å²) in [6.07, 6.45) is 7.90. The largest absolute Gasteiger partial charge is 0.300 e. The molecule has 0 unspecified atom stereocenters. The van der Waals surface area contributed by atoms with Gasteiger partial charge in [-0.25, -0.2) is 5.84 Å². The lowest BCUT2D eigenvalue weighted by Gasteiger charge is -2.22. The van der Waals surface area contributed by atoms with Crippen molar-refractivity contribution in [2.75, 3.05) is 13.1 Å². The second-order valence-electron chi connectivity index (χ2n) is 5.83. The third-order valence-electron chi connectivity index (χ3n) is 3.57. The van der Waals surface area contributed by atoms with Gasteiger partial charge in [0.25, 0.3) is 0 Å². The molecule has 4 heteroatoms. The molecule has 0 aliphatic heterocycles. The molecule has 1 aliphatic carbocycles. The Labute approximate surface area is 111 Å². The van der Waals surface area contributed by atoms with E-state index in [1.807, 2.05) is 0 Å². The molecule has 0 atom stereocenters. The predicted octanol–water partition coefficient (Wildman–Crippen LogP) is 2.05. The molecule has 0 radical (unpaired) electrons. The first-order chi connectivity index (χ1) is 8.63. The van der Waals surface area contributed by atoms with E-state index in [0.717, 1.165) is 24.8 Å². The van der Waals surface area contributed by atoms with Gasteiger partial charge in [0.05, 0.1) is 0 Å². The highest BCUT2D eigenvalue weighted by Gasteiger charge is 2.27. The van der Waals surface area contributed by atoms with Gasteiger partial charge in [-0.2, -0.15) is 0 Å². The molecule has 0 saturated heterocycles. The number of hydrogen-bond acceptors (Lipinski definition) is 3. The molecule has 0 aromatic carbocycles. The summed E-state index contributed by atoms with van der Waals surface area (Å²) in [7, 11) is 0. The van der Waals surface area contributed by atoms with Crippen molar-refractivity contribution in [2.24, 2.45) is 11.8 Å². The van der Waals surface area contributed by atoms with Gasteiger partial charge in [0.15, 0.2) is 0 Å². The minimum absolute atomic E-state index is 0.0474. The normalized spacial score (nSPS) is 15.4. The van der Waals surface area contributed by atoms with Crippen molar-refractivity contribution < 1.29 is 4.79 Å². The van der Waals surface area contributed by atoms with E-state index < -0.39 is 0 Å². The van der Waals surface area contributed by atoms with Crippen LogP contribution in [0.25, 0.3) is 0 Å². The summed E-state index contributed by atoms with van der Waals surface area (Å²) >= 11 is 0. The fraction of sp³-hybridized carbons (Fsp3) is 0.929. The van der Waals surface area contributed by atoms with E-state index in [1.165, 1.54) is 38.8 Å². The van der Waals surface area contributed by atoms with Crippen LogP contribution in [0.2, 0.25) is 0 Å². The molecule has 1 amide bonds. The average molecular weight is 255 g/mol. The number of rotatable bonds is 10. The maximum Gasteiger partial charge on any atom is 0.233 e. The molecular formula is C14H29N3O. The lowest BCUT2D eigenvalue weighted by molar-refractivity contribution is -0.121. The zero-order valence-corrected chi connectivity index (χ0v) is 12.0. The number of unbranched alkanes of at least 4 members (excludes halogenated alkanes) is 2. The van der Waals surface area contributed by atoms with Gasteiger partial charge in [0.1, 0.15) is 0 Å². The summed E-state index contributed by atoms with van der Waals surface area (Å²) in [5, 5.41) is 0. The van der Waals surface area contributed by atoms with Crippen LogP contribution in [-0.4, -0.2) is 29.9 Å². The molecule has 106 valence electrons. The highest BCUT2D eigenvalue weighted by Crippen LogP contribution is 2.27. The SMILES string of the molecule is CC(C)CCN(CCCCCC(=O)NN)C1CC1. The van der Waals surface area contributed by atoms with Crippen molar-refractivity contribution in [3.05, 3.63) is 0 Å². The minimum Gasteiger partial charge on any atom is -0.300 e. The molecule has 0 heterocycles. The predicted molar refractivity (Wildman–Crippen MR) is 74.8 cm³/mol. The van der Waals surface area contributed by atoms with Crippen LogP contribution in [0.15, 0.2) is 0 Å². The topological polar surface area (TPSA) is 58.4 Å². The Balaban J connectivity index is 2.05. The van der Waals surface area contributed by atoms with Gasteiger partial charge >= 0.3 is 0 Å². The van der Waals surface area contributed by atoms with Crippen molar-refractivity contribution in [1.29, 1.82) is 0 Å². The van der Waals surface area contributed by atoms with Gasteiger partial charge in [-0.05, 0) is 51.1 Å². The van der Waals surface area contributed by atoms with Crippen LogP contribution in [0.4, 0.5) is 0 Å². The third-order valence-corrected chi connectivity index (χ3v) is 3.57. The van der Waals surface area contributed by atoms with Gasteiger partial charge in [-0.3, -0.25) is 10.2 Å². The number of hydrazine groups is 1. The number of nitrogens with two attached hydrogens (primary N) is 1. The van der Waals surface area contributed by atoms with E-state index in [-0.39, 0.29) is 5.91 Å². The van der Waals surface area contributed by atoms with E-state index >= 15 is 0 Å². The number of carbonyl (C=O) groups excluding carboxylic acids is 1. The molecule has 0 spiro atoms. The summed E-state index contributed by atoms with van der Waals surface area (Å²) in [5.74, 6) is 5.79. The average Bonchev–Trinajstić information content (AvgIpc) is 3.16. The maximum absolute atomic E-state index is 11.0. The lowest BCUT2D eigenvalue weighted by Crippen LogP contribution is -2.30. The van der Waals surface area contributed by atoms with Crippen molar-refractivity contribution >= 4 is 5.91 Å². The monoisotopic (exact) mass is 255 g/mol. The fourth-order valence-electron chi connectivity index (χ4n) is 2.19. The number of nitrogens with one attached hydrogen (secondary N) is 1. The number of carbonyl (C=O) groups is 1. The van der Waals surface area contributed by atoms with Gasteiger partial charge in [0.2, 0.25) is 5.91 Å². The summed E-state index contributed by atoms with van der Waals surface area (Å²) in [5.41, 5.74) is 2.18. The van der Waals surface area contributed by atoms with Crippen LogP contribution in [-0.2, 0) is 4.79 Å². The van der Waals surface area contributed by atoms with Crippen molar-refractivity contribution in [1.82, 2.24) is 10.3 Å².